The SMILES string of the molecule is O=C1O[C@]2(CC[C@H](c3nc4cc(-c5ccccn5)ccc4[nH]3)CC2)CN1c1ccccc1F. The highest BCUT2D eigenvalue weighted by molar-refractivity contribution is 5.90. The van der Waals surface area contributed by atoms with Crippen LogP contribution in [-0.2, 0) is 4.74 Å². The molecule has 4 aromatic rings. The molecule has 0 radical (unpaired) electrons. The fraction of sp³-hybridized carbons (Fsp3) is 0.269. The topological polar surface area (TPSA) is 71.1 Å². The van der Waals surface area contributed by atoms with E-state index in [1.165, 1.54) is 11.0 Å². The van der Waals surface area contributed by atoms with Crippen molar-refractivity contribution in [1.82, 2.24) is 15.0 Å². The molecule has 3 heterocycles. The van der Waals surface area contributed by atoms with E-state index in [9.17, 15) is 9.18 Å². The number of hydrogen-bond donors (Lipinski definition) is 1. The van der Waals surface area contributed by atoms with Crippen LogP contribution in [0.1, 0.15) is 37.4 Å². The van der Waals surface area contributed by atoms with E-state index in [0.29, 0.717) is 6.54 Å². The number of anilines is 1. The standard InChI is InChI=1S/C26H23FN4O2/c27-19-5-1-2-7-23(19)31-16-26(33-25(31)32)12-10-17(11-13-26)24-29-21-9-8-18(15-22(21)30-24)20-6-3-4-14-28-20/h1-9,14-15,17H,10-13,16H2,(H,29,30)/t17-,26-. The van der Waals surface area contributed by atoms with Crippen molar-refractivity contribution in [2.45, 2.75) is 37.2 Å². The summed E-state index contributed by atoms with van der Waals surface area (Å²) >= 11 is 0. The number of carbonyl (C=O) groups is 1. The molecule has 0 unspecified atom stereocenters. The second-order valence-corrected chi connectivity index (χ2v) is 8.93. The third-order valence-corrected chi connectivity index (χ3v) is 6.86. The van der Waals surface area contributed by atoms with Crippen LogP contribution in [0.25, 0.3) is 22.3 Å². The fourth-order valence-electron chi connectivity index (χ4n) is 5.07. The van der Waals surface area contributed by atoms with Crippen LogP contribution in [0.15, 0.2) is 66.9 Å². The van der Waals surface area contributed by atoms with Gasteiger partial charge in [-0.3, -0.25) is 9.88 Å². The highest BCUT2D eigenvalue weighted by Crippen LogP contribution is 2.44. The number of amides is 1. The van der Waals surface area contributed by atoms with Crippen LogP contribution in [0.5, 0.6) is 0 Å². The number of aromatic nitrogens is 3. The minimum Gasteiger partial charge on any atom is -0.441 e. The molecule has 1 N–H and O–H groups in total. The molecule has 0 bridgehead atoms. The molecule has 1 amide bonds. The molecule has 0 atom stereocenters. The summed E-state index contributed by atoms with van der Waals surface area (Å²) in [6.07, 6.45) is 4.48. The molecule has 2 fully saturated rings. The number of pyridine rings is 1. The first kappa shape index (κ1) is 19.9. The summed E-state index contributed by atoms with van der Waals surface area (Å²) in [5.74, 6) is 0.823. The normalized spacial score (nSPS) is 22.8. The zero-order chi connectivity index (χ0) is 22.4. The first-order chi connectivity index (χ1) is 16.1. The van der Waals surface area contributed by atoms with E-state index >= 15 is 0 Å². The first-order valence-electron chi connectivity index (χ1n) is 11.3. The van der Waals surface area contributed by atoms with Crippen LogP contribution >= 0.6 is 0 Å². The van der Waals surface area contributed by atoms with Gasteiger partial charge in [-0.2, -0.15) is 0 Å². The monoisotopic (exact) mass is 442 g/mol. The number of H-pyrrole nitrogens is 1. The Labute approximate surface area is 190 Å². The number of para-hydroxylation sites is 1. The molecule has 166 valence electrons. The van der Waals surface area contributed by atoms with Gasteiger partial charge in [-0.25, -0.2) is 14.2 Å². The van der Waals surface area contributed by atoms with Gasteiger partial charge in [0.25, 0.3) is 0 Å². The molecular formula is C26H23FN4O2. The van der Waals surface area contributed by atoms with Crippen molar-refractivity contribution in [1.29, 1.82) is 0 Å². The van der Waals surface area contributed by atoms with Crippen molar-refractivity contribution < 1.29 is 13.9 Å². The summed E-state index contributed by atoms with van der Waals surface area (Å²) in [5, 5.41) is 0. The van der Waals surface area contributed by atoms with Crippen molar-refractivity contribution in [3.8, 4) is 11.3 Å². The summed E-state index contributed by atoms with van der Waals surface area (Å²) in [7, 11) is 0. The van der Waals surface area contributed by atoms with E-state index in [1.54, 1.807) is 24.4 Å². The highest BCUT2D eigenvalue weighted by atomic mass is 19.1. The van der Waals surface area contributed by atoms with Gasteiger partial charge in [0.15, 0.2) is 0 Å². The molecule has 1 saturated heterocycles. The lowest BCUT2D eigenvalue weighted by Crippen LogP contribution is -2.38. The average Bonchev–Trinajstić information content (AvgIpc) is 3.41. The van der Waals surface area contributed by atoms with E-state index in [2.05, 4.69) is 22.1 Å². The lowest BCUT2D eigenvalue weighted by molar-refractivity contribution is 0.0208. The molecule has 1 aliphatic carbocycles. The number of rotatable bonds is 3. The Hall–Kier alpha value is -3.74. The molecule has 1 saturated carbocycles. The third-order valence-electron chi connectivity index (χ3n) is 6.86. The van der Waals surface area contributed by atoms with Gasteiger partial charge in [-0.1, -0.05) is 24.3 Å². The quantitative estimate of drug-likeness (QED) is 0.434. The molecule has 6 nitrogen and oxygen atoms in total. The molecule has 1 spiro atoms. The molecule has 6 rings (SSSR count). The molecule has 33 heavy (non-hydrogen) atoms. The van der Waals surface area contributed by atoms with Gasteiger partial charge in [-0.15, -0.1) is 0 Å². The summed E-state index contributed by atoms with van der Waals surface area (Å²) in [6.45, 7) is 0.382. The van der Waals surface area contributed by atoms with Gasteiger partial charge < -0.3 is 9.72 Å². The predicted molar refractivity (Wildman–Crippen MR) is 123 cm³/mol. The lowest BCUT2D eigenvalue weighted by Gasteiger charge is -2.34. The van der Waals surface area contributed by atoms with Crippen molar-refractivity contribution in [3.05, 3.63) is 78.5 Å². The molecule has 7 heteroatoms. The maximum absolute atomic E-state index is 14.2. The second-order valence-electron chi connectivity index (χ2n) is 8.93. The van der Waals surface area contributed by atoms with Crippen molar-refractivity contribution in [2.24, 2.45) is 0 Å². The van der Waals surface area contributed by atoms with Crippen LogP contribution in [0.2, 0.25) is 0 Å². The smallest absolute Gasteiger partial charge is 0.415 e. The zero-order valence-corrected chi connectivity index (χ0v) is 18.0. The number of halogens is 1. The van der Waals surface area contributed by atoms with E-state index in [1.807, 2.05) is 24.3 Å². The fourth-order valence-corrected chi connectivity index (χ4v) is 5.07. The maximum Gasteiger partial charge on any atom is 0.415 e. The number of carbonyl (C=O) groups excluding carboxylic acids is 1. The van der Waals surface area contributed by atoms with Crippen LogP contribution in [-0.4, -0.2) is 33.2 Å². The van der Waals surface area contributed by atoms with Gasteiger partial charge in [0.2, 0.25) is 0 Å². The van der Waals surface area contributed by atoms with Crippen LogP contribution in [0, 0.1) is 5.82 Å². The van der Waals surface area contributed by atoms with Crippen LogP contribution in [0.3, 0.4) is 0 Å². The number of aromatic amines is 1. The van der Waals surface area contributed by atoms with E-state index in [0.717, 1.165) is 53.8 Å². The molecule has 2 aliphatic rings. The molecule has 1 aliphatic heterocycles. The summed E-state index contributed by atoms with van der Waals surface area (Å²) < 4.78 is 20.0. The van der Waals surface area contributed by atoms with Crippen molar-refractivity contribution >= 4 is 22.8 Å². The Morgan fingerprint density at radius 3 is 2.67 bits per heavy atom. The number of ether oxygens (including phenoxy) is 1. The number of benzene rings is 2. The van der Waals surface area contributed by atoms with Gasteiger partial charge in [0.05, 0.1) is 29.0 Å². The Bertz CT molecular complexity index is 1330. The third kappa shape index (κ3) is 3.53. The Morgan fingerprint density at radius 2 is 1.88 bits per heavy atom. The van der Waals surface area contributed by atoms with Crippen LogP contribution in [0.4, 0.5) is 14.9 Å². The molecule has 2 aromatic carbocycles. The molecule has 2 aromatic heterocycles. The minimum atomic E-state index is -0.561. The predicted octanol–water partition coefficient (Wildman–Crippen LogP) is 5.82. The Morgan fingerprint density at radius 1 is 1.06 bits per heavy atom. The van der Waals surface area contributed by atoms with Gasteiger partial charge >= 0.3 is 6.09 Å². The average molecular weight is 442 g/mol. The second kappa shape index (κ2) is 7.69. The van der Waals surface area contributed by atoms with Gasteiger partial charge in [-0.05, 0) is 62.1 Å². The van der Waals surface area contributed by atoms with Gasteiger partial charge in [0.1, 0.15) is 17.2 Å². The number of nitrogens with one attached hydrogen (secondary N) is 1. The summed E-state index contributed by atoms with van der Waals surface area (Å²) in [4.78, 5) is 26.7. The van der Waals surface area contributed by atoms with Crippen molar-refractivity contribution in [2.75, 3.05) is 11.4 Å². The van der Waals surface area contributed by atoms with Crippen molar-refractivity contribution in [3.63, 3.8) is 0 Å². The Kier molecular flexibility index (Phi) is 4.64. The summed E-state index contributed by atoms with van der Waals surface area (Å²) in [5.41, 5.74) is 3.60. The van der Waals surface area contributed by atoms with E-state index < -0.39 is 17.5 Å². The Balaban J connectivity index is 1.19. The van der Waals surface area contributed by atoms with E-state index in [4.69, 9.17) is 9.72 Å². The minimum absolute atomic E-state index is 0.266. The first-order valence-corrected chi connectivity index (χ1v) is 11.3. The largest absolute Gasteiger partial charge is 0.441 e. The number of nitrogens with zero attached hydrogens (tertiary/aromatic N) is 3. The maximum atomic E-state index is 14.2. The summed E-state index contributed by atoms with van der Waals surface area (Å²) in [6, 6.07) is 18.4. The van der Waals surface area contributed by atoms with Gasteiger partial charge in [0, 0.05) is 17.7 Å². The molecular weight excluding hydrogens is 419 g/mol. The number of hydrogen-bond acceptors (Lipinski definition) is 4. The number of imidazole rings is 1. The zero-order valence-electron chi connectivity index (χ0n) is 18.0. The number of fused-ring (bicyclic) bond motifs is 1. The van der Waals surface area contributed by atoms with Crippen LogP contribution < -0.4 is 4.90 Å². The lowest BCUT2D eigenvalue weighted by atomic mass is 9.78. The highest BCUT2D eigenvalue weighted by Gasteiger charge is 2.48. The van der Waals surface area contributed by atoms with E-state index in [-0.39, 0.29) is 11.6 Å².